The Morgan fingerprint density at radius 3 is 2.27 bits per heavy atom. The number of nitrogens with zero attached hydrogens (tertiary/aromatic N) is 1. The number of primary amides is 1. The molecule has 4 nitrogen and oxygen atoms in total. The fourth-order valence-electron chi connectivity index (χ4n) is 1.39. The summed E-state index contributed by atoms with van der Waals surface area (Å²) in [5.74, 6) is -0.390. The Hall–Kier alpha value is -1.06. The van der Waals surface area contributed by atoms with Crippen molar-refractivity contribution < 1.29 is 9.59 Å². The number of amides is 2. The highest BCUT2D eigenvalue weighted by Crippen LogP contribution is 2.35. The van der Waals surface area contributed by atoms with E-state index in [1.165, 1.54) is 4.90 Å². The fourth-order valence-corrected chi connectivity index (χ4v) is 1.39. The quantitative estimate of drug-likeness (QED) is 0.559. The number of nitrogens with two attached hydrogens (primary N) is 1. The molecule has 0 heterocycles. The van der Waals surface area contributed by atoms with E-state index < -0.39 is 11.4 Å². The molecule has 0 aromatic rings. The van der Waals surface area contributed by atoms with E-state index in [0.717, 1.165) is 6.42 Å². The number of carbonyl (C=O) groups is 2. The van der Waals surface area contributed by atoms with Gasteiger partial charge < -0.3 is 10.6 Å². The second kappa shape index (κ2) is 2.53. The van der Waals surface area contributed by atoms with Gasteiger partial charge in [0.15, 0.2) is 0 Å². The summed E-state index contributed by atoms with van der Waals surface area (Å²) in [6.45, 7) is 0. The third-order valence-electron chi connectivity index (χ3n) is 2.47. The van der Waals surface area contributed by atoms with E-state index in [2.05, 4.69) is 0 Å². The van der Waals surface area contributed by atoms with Gasteiger partial charge in [-0.15, -0.1) is 0 Å². The minimum absolute atomic E-state index is 0.390. The molecule has 0 aromatic carbocycles. The van der Waals surface area contributed by atoms with E-state index in [1.807, 2.05) is 0 Å². The second-order valence-corrected chi connectivity index (χ2v) is 2.97. The maximum absolute atomic E-state index is 10.9. The fraction of sp³-hybridized carbons (Fsp3) is 0.714. The Kier molecular flexibility index (Phi) is 1.85. The summed E-state index contributed by atoms with van der Waals surface area (Å²) in [5, 5.41) is 0. The topological polar surface area (TPSA) is 63.4 Å². The van der Waals surface area contributed by atoms with Crippen molar-refractivity contribution in [2.75, 3.05) is 7.05 Å². The van der Waals surface area contributed by atoms with Crippen molar-refractivity contribution in [1.29, 1.82) is 0 Å². The van der Waals surface area contributed by atoms with E-state index in [4.69, 9.17) is 5.73 Å². The number of carbonyl (C=O) groups excluding carboxylic acids is 2. The largest absolute Gasteiger partial charge is 0.368 e. The highest BCUT2D eigenvalue weighted by atomic mass is 16.2. The first-order valence-corrected chi connectivity index (χ1v) is 3.61. The van der Waals surface area contributed by atoms with Gasteiger partial charge in [-0.1, -0.05) is 0 Å². The zero-order valence-electron chi connectivity index (χ0n) is 6.54. The van der Waals surface area contributed by atoms with Crippen LogP contribution >= 0.6 is 0 Å². The first-order chi connectivity index (χ1) is 5.13. The van der Waals surface area contributed by atoms with Gasteiger partial charge in [0.05, 0.1) is 0 Å². The normalized spacial score (nSPS) is 20.1. The van der Waals surface area contributed by atoms with Gasteiger partial charge in [0.25, 0.3) is 0 Å². The molecule has 1 fully saturated rings. The first-order valence-electron chi connectivity index (χ1n) is 3.61. The molecule has 0 aliphatic heterocycles. The summed E-state index contributed by atoms with van der Waals surface area (Å²) < 4.78 is 0. The average Bonchev–Trinajstić information content (AvgIpc) is 1.84. The Morgan fingerprint density at radius 1 is 1.64 bits per heavy atom. The van der Waals surface area contributed by atoms with Crippen LogP contribution in [0, 0.1) is 0 Å². The van der Waals surface area contributed by atoms with Crippen molar-refractivity contribution in [3.05, 3.63) is 0 Å². The molecule has 62 valence electrons. The van der Waals surface area contributed by atoms with Crippen LogP contribution in [0.5, 0.6) is 0 Å². The van der Waals surface area contributed by atoms with Crippen molar-refractivity contribution in [2.24, 2.45) is 5.73 Å². The lowest BCUT2D eigenvalue weighted by atomic mass is 9.75. The van der Waals surface area contributed by atoms with E-state index in [-0.39, 0.29) is 0 Å². The second-order valence-electron chi connectivity index (χ2n) is 2.97. The molecule has 0 bridgehead atoms. The molecular weight excluding hydrogens is 144 g/mol. The summed E-state index contributed by atoms with van der Waals surface area (Å²) >= 11 is 0. The van der Waals surface area contributed by atoms with Gasteiger partial charge in [-0.3, -0.25) is 9.59 Å². The molecule has 2 N–H and O–H groups in total. The van der Waals surface area contributed by atoms with Crippen LogP contribution in [-0.4, -0.2) is 29.8 Å². The van der Waals surface area contributed by atoms with Crippen LogP contribution in [0.25, 0.3) is 0 Å². The van der Waals surface area contributed by atoms with Crippen molar-refractivity contribution >= 4 is 12.3 Å². The van der Waals surface area contributed by atoms with Gasteiger partial charge in [0.2, 0.25) is 12.3 Å². The van der Waals surface area contributed by atoms with E-state index in [0.29, 0.717) is 19.3 Å². The Labute approximate surface area is 65.3 Å². The maximum atomic E-state index is 10.9. The van der Waals surface area contributed by atoms with Gasteiger partial charge in [-0.25, -0.2) is 0 Å². The lowest BCUT2D eigenvalue weighted by Crippen LogP contribution is -2.60. The minimum Gasteiger partial charge on any atom is -0.368 e. The Balaban J connectivity index is 2.75. The summed E-state index contributed by atoms with van der Waals surface area (Å²) in [6, 6.07) is 0. The molecule has 1 aliphatic rings. The van der Waals surface area contributed by atoms with Crippen molar-refractivity contribution in [1.82, 2.24) is 4.90 Å². The van der Waals surface area contributed by atoms with Crippen LogP contribution < -0.4 is 5.73 Å². The molecule has 0 unspecified atom stereocenters. The molecule has 4 heteroatoms. The van der Waals surface area contributed by atoms with Gasteiger partial charge in [-0.2, -0.15) is 0 Å². The Morgan fingerprint density at radius 2 is 2.18 bits per heavy atom. The van der Waals surface area contributed by atoms with Gasteiger partial charge >= 0.3 is 0 Å². The van der Waals surface area contributed by atoms with E-state index in [9.17, 15) is 9.59 Å². The zero-order valence-corrected chi connectivity index (χ0v) is 6.54. The van der Waals surface area contributed by atoms with Crippen LogP contribution in [0.1, 0.15) is 19.3 Å². The van der Waals surface area contributed by atoms with Gasteiger partial charge in [0, 0.05) is 7.05 Å². The number of likely N-dealkylation sites (N-methyl/N-ethyl adjacent to an activating group) is 1. The summed E-state index contributed by atoms with van der Waals surface area (Å²) in [5.41, 5.74) is 4.50. The summed E-state index contributed by atoms with van der Waals surface area (Å²) in [6.07, 6.45) is 3.04. The van der Waals surface area contributed by atoms with E-state index in [1.54, 1.807) is 7.05 Å². The molecular formula is C7H12N2O2. The van der Waals surface area contributed by atoms with Gasteiger partial charge in [0.1, 0.15) is 5.54 Å². The van der Waals surface area contributed by atoms with Crippen LogP contribution in [-0.2, 0) is 9.59 Å². The standard InChI is InChI=1S/C7H12N2O2/c1-9(5-10)7(6(8)11)3-2-4-7/h5H,2-4H2,1H3,(H2,8,11). The SMILES string of the molecule is CN(C=O)C1(C(N)=O)CCC1. The van der Waals surface area contributed by atoms with Crippen molar-refractivity contribution in [2.45, 2.75) is 24.8 Å². The highest BCUT2D eigenvalue weighted by Gasteiger charge is 2.45. The predicted octanol–water partition coefficient (Wildman–Crippen LogP) is -0.517. The molecule has 1 aliphatic carbocycles. The van der Waals surface area contributed by atoms with Gasteiger partial charge in [-0.05, 0) is 19.3 Å². The molecule has 0 radical (unpaired) electrons. The first kappa shape index (κ1) is 8.04. The molecule has 2 amide bonds. The molecule has 1 rings (SSSR count). The monoisotopic (exact) mass is 156 g/mol. The zero-order chi connectivity index (χ0) is 8.48. The number of hydrogen-bond donors (Lipinski definition) is 1. The van der Waals surface area contributed by atoms with Crippen LogP contribution in [0.3, 0.4) is 0 Å². The van der Waals surface area contributed by atoms with Crippen molar-refractivity contribution in [3.63, 3.8) is 0 Å². The Bertz CT molecular complexity index is 187. The molecule has 0 aromatic heterocycles. The molecule has 0 saturated heterocycles. The lowest BCUT2D eigenvalue weighted by Gasteiger charge is -2.44. The van der Waals surface area contributed by atoms with Crippen LogP contribution in [0.4, 0.5) is 0 Å². The maximum Gasteiger partial charge on any atom is 0.243 e. The average molecular weight is 156 g/mol. The third-order valence-corrected chi connectivity index (χ3v) is 2.47. The summed E-state index contributed by atoms with van der Waals surface area (Å²) in [7, 11) is 1.59. The smallest absolute Gasteiger partial charge is 0.243 e. The molecule has 0 spiro atoms. The predicted molar refractivity (Wildman–Crippen MR) is 39.6 cm³/mol. The minimum atomic E-state index is -0.665. The van der Waals surface area contributed by atoms with E-state index >= 15 is 0 Å². The molecule has 0 atom stereocenters. The highest BCUT2D eigenvalue weighted by molar-refractivity contribution is 5.87. The molecule has 11 heavy (non-hydrogen) atoms. The summed E-state index contributed by atoms with van der Waals surface area (Å²) in [4.78, 5) is 22.7. The number of hydrogen-bond acceptors (Lipinski definition) is 2. The third kappa shape index (κ3) is 0.982. The molecule has 1 saturated carbocycles. The lowest BCUT2D eigenvalue weighted by molar-refractivity contribution is -0.142. The van der Waals surface area contributed by atoms with Crippen LogP contribution in [0.2, 0.25) is 0 Å². The van der Waals surface area contributed by atoms with Crippen molar-refractivity contribution in [3.8, 4) is 0 Å². The number of rotatable bonds is 3. The van der Waals surface area contributed by atoms with Crippen LogP contribution in [0.15, 0.2) is 0 Å².